The highest BCUT2D eigenvalue weighted by Gasteiger charge is 2.23. The molecule has 0 saturated carbocycles. The van der Waals surface area contributed by atoms with Crippen molar-refractivity contribution in [1.29, 1.82) is 0 Å². The summed E-state index contributed by atoms with van der Waals surface area (Å²) in [5.41, 5.74) is 0. The summed E-state index contributed by atoms with van der Waals surface area (Å²) in [4.78, 5) is 24.7. The Morgan fingerprint density at radius 3 is 2.22 bits per heavy atom. The van der Waals surface area contributed by atoms with E-state index >= 15 is 0 Å². The number of amides is 2. The highest BCUT2D eigenvalue weighted by Crippen LogP contribution is 2.05. The van der Waals surface area contributed by atoms with E-state index in [9.17, 15) is 9.59 Å². The van der Waals surface area contributed by atoms with Crippen molar-refractivity contribution >= 4 is 12.0 Å². The average molecular weight is 258 g/mol. The van der Waals surface area contributed by atoms with E-state index in [-0.39, 0.29) is 12.1 Å². The molecule has 2 amide bonds. The second-order valence-electron chi connectivity index (χ2n) is 4.77. The van der Waals surface area contributed by atoms with E-state index in [4.69, 9.17) is 5.11 Å². The van der Waals surface area contributed by atoms with Gasteiger partial charge in [-0.3, -0.25) is 0 Å². The largest absolute Gasteiger partial charge is 0.480 e. The smallest absolute Gasteiger partial charge is 0.326 e. The highest BCUT2D eigenvalue weighted by molar-refractivity contribution is 5.82. The molecule has 1 atom stereocenters. The van der Waals surface area contributed by atoms with Gasteiger partial charge in [-0.1, -0.05) is 26.7 Å². The molecule has 0 spiro atoms. The van der Waals surface area contributed by atoms with Crippen LogP contribution in [0.5, 0.6) is 0 Å². The van der Waals surface area contributed by atoms with Crippen molar-refractivity contribution in [1.82, 2.24) is 10.2 Å². The minimum atomic E-state index is -0.961. The normalized spacial score (nSPS) is 12.3. The van der Waals surface area contributed by atoms with E-state index in [1.54, 1.807) is 4.90 Å². The summed E-state index contributed by atoms with van der Waals surface area (Å²) in [6, 6.07) is -0.989. The van der Waals surface area contributed by atoms with Crippen LogP contribution in [0.2, 0.25) is 0 Å². The molecular formula is C13H26N2O3. The van der Waals surface area contributed by atoms with Crippen LogP contribution in [-0.4, -0.2) is 40.6 Å². The Hall–Kier alpha value is -1.26. The number of carbonyl (C=O) groups excluding carboxylic acids is 1. The maximum Gasteiger partial charge on any atom is 0.326 e. The molecule has 0 bridgehead atoms. The van der Waals surface area contributed by atoms with Gasteiger partial charge in [0.05, 0.1) is 0 Å². The van der Waals surface area contributed by atoms with E-state index in [2.05, 4.69) is 5.32 Å². The number of rotatable bonds is 8. The lowest BCUT2D eigenvalue weighted by molar-refractivity contribution is -0.139. The number of carboxylic acid groups (broad SMARTS) is 1. The van der Waals surface area contributed by atoms with Crippen molar-refractivity contribution < 1.29 is 14.7 Å². The van der Waals surface area contributed by atoms with Crippen molar-refractivity contribution in [3.8, 4) is 0 Å². The van der Waals surface area contributed by atoms with Gasteiger partial charge in [0.1, 0.15) is 6.04 Å². The molecule has 0 aromatic carbocycles. The lowest BCUT2D eigenvalue weighted by atomic mass is 10.1. The molecule has 0 unspecified atom stereocenters. The van der Waals surface area contributed by atoms with Crippen LogP contribution >= 0.6 is 0 Å². The monoisotopic (exact) mass is 258 g/mol. The third kappa shape index (κ3) is 5.89. The number of aliphatic carboxylic acids is 1. The molecule has 0 aromatic rings. The van der Waals surface area contributed by atoms with Crippen LogP contribution in [0.3, 0.4) is 0 Å². The number of unbranched alkanes of at least 4 members (excludes halogenated alkanes) is 1. The van der Waals surface area contributed by atoms with Crippen molar-refractivity contribution in [2.24, 2.45) is 0 Å². The molecule has 5 heteroatoms. The SMILES string of the molecule is CCCC[C@H](NC(=O)N(CCC)C(C)C)C(=O)O. The fraction of sp³-hybridized carbons (Fsp3) is 0.846. The van der Waals surface area contributed by atoms with E-state index in [1.807, 2.05) is 27.7 Å². The fourth-order valence-corrected chi connectivity index (χ4v) is 1.73. The van der Waals surface area contributed by atoms with Gasteiger partial charge in [-0.05, 0) is 26.7 Å². The van der Waals surface area contributed by atoms with E-state index in [1.165, 1.54) is 0 Å². The van der Waals surface area contributed by atoms with Gasteiger partial charge in [0.15, 0.2) is 0 Å². The molecule has 0 aliphatic heterocycles. The minimum absolute atomic E-state index is 0.0746. The molecule has 0 heterocycles. The molecule has 0 rings (SSSR count). The first-order valence-corrected chi connectivity index (χ1v) is 6.73. The molecule has 2 N–H and O–H groups in total. The van der Waals surface area contributed by atoms with Gasteiger partial charge < -0.3 is 15.3 Å². The number of hydrogen-bond donors (Lipinski definition) is 2. The number of carbonyl (C=O) groups is 2. The van der Waals surface area contributed by atoms with Gasteiger partial charge >= 0.3 is 12.0 Å². The summed E-state index contributed by atoms with van der Waals surface area (Å²) >= 11 is 0. The molecule has 0 aromatic heterocycles. The van der Waals surface area contributed by atoms with Crippen molar-refractivity contribution in [2.45, 2.75) is 65.5 Å². The van der Waals surface area contributed by atoms with E-state index < -0.39 is 12.0 Å². The quantitative estimate of drug-likeness (QED) is 0.702. The second-order valence-corrected chi connectivity index (χ2v) is 4.77. The van der Waals surface area contributed by atoms with Gasteiger partial charge in [-0.2, -0.15) is 0 Å². The van der Waals surface area contributed by atoms with Crippen LogP contribution in [0.1, 0.15) is 53.4 Å². The lowest BCUT2D eigenvalue weighted by Crippen LogP contribution is -2.50. The summed E-state index contributed by atoms with van der Waals surface area (Å²) in [5, 5.41) is 11.7. The first kappa shape index (κ1) is 16.7. The highest BCUT2D eigenvalue weighted by atomic mass is 16.4. The summed E-state index contributed by atoms with van der Waals surface area (Å²) in [6.45, 7) is 8.49. The van der Waals surface area contributed by atoms with Crippen molar-refractivity contribution in [2.75, 3.05) is 6.54 Å². The van der Waals surface area contributed by atoms with Crippen LogP contribution < -0.4 is 5.32 Å². The number of carboxylic acids is 1. The number of hydrogen-bond acceptors (Lipinski definition) is 2. The van der Waals surface area contributed by atoms with Gasteiger partial charge in [-0.25, -0.2) is 9.59 Å². The summed E-state index contributed by atoms with van der Waals surface area (Å²) in [5.74, 6) is -0.961. The van der Waals surface area contributed by atoms with Gasteiger partial charge in [0.2, 0.25) is 0 Å². The van der Waals surface area contributed by atoms with Crippen molar-refractivity contribution in [3.63, 3.8) is 0 Å². The standard InChI is InChI=1S/C13H26N2O3/c1-5-7-8-11(12(16)17)14-13(18)15(9-6-2)10(3)4/h10-11H,5-9H2,1-4H3,(H,14,18)(H,16,17)/t11-/m0/s1. The lowest BCUT2D eigenvalue weighted by Gasteiger charge is -2.28. The molecule has 0 aliphatic carbocycles. The number of nitrogens with zero attached hydrogens (tertiary/aromatic N) is 1. The van der Waals surface area contributed by atoms with Crippen LogP contribution in [0.4, 0.5) is 4.79 Å². The fourth-order valence-electron chi connectivity index (χ4n) is 1.73. The molecule has 106 valence electrons. The van der Waals surface area contributed by atoms with Crippen LogP contribution in [0, 0.1) is 0 Å². The first-order chi connectivity index (χ1) is 8.43. The number of nitrogens with one attached hydrogen (secondary N) is 1. The topological polar surface area (TPSA) is 69.6 Å². The Balaban J connectivity index is 4.50. The Kier molecular flexibility index (Phi) is 8.16. The Morgan fingerprint density at radius 2 is 1.83 bits per heavy atom. The Morgan fingerprint density at radius 1 is 1.22 bits per heavy atom. The first-order valence-electron chi connectivity index (χ1n) is 6.73. The third-order valence-electron chi connectivity index (χ3n) is 2.79. The zero-order valence-corrected chi connectivity index (χ0v) is 11.9. The molecule has 0 radical (unpaired) electrons. The summed E-state index contributed by atoms with van der Waals surface area (Å²) in [6.07, 6.45) is 3.06. The maximum absolute atomic E-state index is 12.0. The Bertz CT molecular complexity index is 267. The zero-order chi connectivity index (χ0) is 14.1. The van der Waals surface area contributed by atoms with Crippen molar-refractivity contribution in [3.05, 3.63) is 0 Å². The Labute approximate surface area is 110 Å². The third-order valence-corrected chi connectivity index (χ3v) is 2.79. The molecule has 0 aliphatic rings. The van der Waals surface area contributed by atoms with Gasteiger partial charge in [-0.15, -0.1) is 0 Å². The van der Waals surface area contributed by atoms with Gasteiger partial charge in [0.25, 0.3) is 0 Å². The predicted molar refractivity (Wildman–Crippen MR) is 71.6 cm³/mol. The summed E-state index contributed by atoms with van der Waals surface area (Å²) in [7, 11) is 0. The molecule has 18 heavy (non-hydrogen) atoms. The van der Waals surface area contributed by atoms with E-state index in [0.29, 0.717) is 13.0 Å². The molecule has 0 fully saturated rings. The second kappa shape index (κ2) is 8.78. The van der Waals surface area contributed by atoms with E-state index in [0.717, 1.165) is 19.3 Å². The number of urea groups is 1. The maximum atomic E-state index is 12.0. The molecule has 5 nitrogen and oxygen atoms in total. The average Bonchev–Trinajstić information content (AvgIpc) is 2.30. The van der Waals surface area contributed by atoms with Crippen LogP contribution in [0.25, 0.3) is 0 Å². The van der Waals surface area contributed by atoms with Gasteiger partial charge in [0, 0.05) is 12.6 Å². The summed E-state index contributed by atoms with van der Waals surface area (Å²) < 4.78 is 0. The minimum Gasteiger partial charge on any atom is -0.480 e. The zero-order valence-electron chi connectivity index (χ0n) is 11.9. The molecular weight excluding hydrogens is 232 g/mol. The molecule has 0 saturated heterocycles. The predicted octanol–water partition coefficient (Wildman–Crippen LogP) is 2.46. The van der Waals surface area contributed by atoms with Crippen LogP contribution in [0.15, 0.2) is 0 Å². The van der Waals surface area contributed by atoms with Crippen LogP contribution in [-0.2, 0) is 4.79 Å².